The van der Waals surface area contributed by atoms with Crippen LogP contribution in [0.3, 0.4) is 0 Å². The van der Waals surface area contributed by atoms with Gasteiger partial charge in [-0.1, -0.05) is 17.7 Å². The van der Waals surface area contributed by atoms with Crippen LogP contribution in [0.1, 0.15) is 75.6 Å². The van der Waals surface area contributed by atoms with E-state index in [-0.39, 0.29) is 21.3 Å². The summed E-state index contributed by atoms with van der Waals surface area (Å²) in [5.74, 6) is 1.83. The highest BCUT2D eigenvalue weighted by atomic mass is 35.5. The molecule has 2 spiro atoms. The third kappa shape index (κ3) is 6.04. The predicted octanol–water partition coefficient (Wildman–Crippen LogP) is 4.97. The zero-order valence-electron chi connectivity index (χ0n) is 25.7. The minimum absolute atomic E-state index is 0.0843. The number of sulfonamides is 1. The van der Waals surface area contributed by atoms with Crippen molar-refractivity contribution >= 4 is 33.3 Å². The maximum absolute atomic E-state index is 13.0. The topological polar surface area (TPSA) is 140 Å². The highest BCUT2D eigenvalue weighted by Gasteiger charge is 2.85. The molecule has 1 aliphatic heterocycles. The third-order valence-electron chi connectivity index (χ3n) is 10.3. The van der Waals surface area contributed by atoms with Crippen LogP contribution in [-0.4, -0.2) is 59.3 Å². The van der Waals surface area contributed by atoms with E-state index < -0.39 is 15.9 Å². The number of fused-ring (bicyclic) bond motifs is 1. The molecular formula is C32H40ClN7O4S. The molecule has 3 aromatic rings. The number of halogens is 1. The fourth-order valence-electron chi connectivity index (χ4n) is 7.86. The number of rotatable bonds is 13. The Morgan fingerprint density at radius 1 is 1.09 bits per heavy atom. The first-order valence-electron chi connectivity index (χ1n) is 15.9. The highest BCUT2D eigenvalue weighted by Crippen LogP contribution is 2.93. The molecular weight excluding hydrogens is 614 g/mol. The van der Waals surface area contributed by atoms with Crippen molar-refractivity contribution in [3.05, 3.63) is 53.3 Å². The van der Waals surface area contributed by atoms with Crippen LogP contribution < -0.4 is 20.1 Å². The van der Waals surface area contributed by atoms with E-state index in [0.29, 0.717) is 47.4 Å². The fourth-order valence-corrected chi connectivity index (χ4v) is 9.03. The molecule has 3 saturated carbocycles. The lowest BCUT2D eigenvalue weighted by atomic mass is 9.94. The van der Waals surface area contributed by atoms with Gasteiger partial charge in [0.2, 0.25) is 5.88 Å². The molecule has 1 atom stereocenters. The maximum Gasteiger partial charge on any atom is 0.281 e. The average molecular weight is 654 g/mol. The normalized spacial score (nSPS) is 22.0. The van der Waals surface area contributed by atoms with Gasteiger partial charge in [0.1, 0.15) is 11.0 Å². The van der Waals surface area contributed by atoms with Gasteiger partial charge in [0.15, 0.2) is 10.8 Å². The summed E-state index contributed by atoms with van der Waals surface area (Å²) in [7, 11) is -4.26. The Labute approximate surface area is 268 Å². The number of nitrogens with zero attached hydrogens (tertiary/aromatic N) is 4. The Hall–Kier alpha value is -3.22. The van der Waals surface area contributed by atoms with Crippen molar-refractivity contribution in [2.75, 3.05) is 25.0 Å². The van der Waals surface area contributed by atoms with Gasteiger partial charge in [-0.2, -0.15) is 8.42 Å². The van der Waals surface area contributed by atoms with Gasteiger partial charge in [0.25, 0.3) is 15.9 Å². The molecule has 4 fully saturated rings. The second-order valence-corrected chi connectivity index (χ2v) is 15.8. The van der Waals surface area contributed by atoms with E-state index in [1.165, 1.54) is 42.5 Å². The lowest BCUT2D eigenvalue weighted by molar-refractivity contribution is 0.0981. The molecule has 45 heavy (non-hydrogen) atoms. The van der Waals surface area contributed by atoms with E-state index in [1.54, 1.807) is 30.5 Å². The monoisotopic (exact) mass is 653 g/mol. The van der Waals surface area contributed by atoms with E-state index >= 15 is 0 Å². The molecule has 3 aromatic heterocycles. The number of ether oxygens (including phenoxy) is 1. The van der Waals surface area contributed by atoms with E-state index in [1.807, 2.05) is 0 Å². The lowest BCUT2D eigenvalue weighted by Gasteiger charge is -2.17. The second kappa shape index (κ2) is 11.2. The van der Waals surface area contributed by atoms with Gasteiger partial charge in [-0.3, -0.25) is 4.79 Å². The van der Waals surface area contributed by atoms with E-state index in [2.05, 4.69) is 44.3 Å². The summed E-state index contributed by atoms with van der Waals surface area (Å²) in [5, 5.41) is 10.7. The van der Waals surface area contributed by atoms with Gasteiger partial charge >= 0.3 is 0 Å². The summed E-state index contributed by atoms with van der Waals surface area (Å²) in [6, 6.07) is 9.36. The highest BCUT2D eigenvalue weighted by molar-refractivity contribution is 7.90. The number of aromatic nitrogens is 4. The van der Waals surface area contributed by atoms with Crippen molar-refractivity contribution in [2.24, 2.45) is 22.7 Å². The van der Waals surface area contributed by atoms with Crippen LogP contribution in [0.2, 0.25) is 5.15 Å². The molecule has 11 nitrogen and oxygen atoms in total. The minimum Gasteiger partial charge on any atom is -0.477 e. The van der Waals surface area contributed by atoms with Crippen molar-refractivity contribution in [3.8, 4) is 11.7 Å². The average Bonchev–Trinajstić information content (AvgIpc) is 3.95. The molecule has 1 unspecified atom stereocenters. The molecule has 0 bridgehead atoms. The zero-order valence-corrected chi connectivity index (χ0v) is 27.3. The Morgan fingerprint density at radius 3 is 2.56 bits per heavy atom. The first kappa shape index (κ1) is 30.4. The molecule has 1 amide bonds. The zero-order chi connectivity index (χ0) is 31.5. The van der Waals surface area contributed by atoms with Crippen molar-refractivity contribution in [1.29, 1.82) is 0 Å². The number of hydrogen-bond acceptors (Lipinski definition) is 9. The standard InChI is InChI=1S/C32H40ClN7O4S/c1-30(2)19-21(20-35-30)5-4-16-34-24-6-3-7-27(36-24)45(42,43)39-29(41)22-8-9-25(37-28(22)33)40-17-10-26(38-40)44-18-11-23-31(12-13-31)32(23)14-15-32/h3,6-10,17,21,23,35H,4-5,11-16,18-20H2,1-2H3,(H,34,36)(H,39,41). The summed E-state index contributed by atoms with van der Waals surface area (Å²) < 4.78 is 35.5. The molecule has 3 N–H and O–H groups in total. The first-order chi connectivity index (χ1) is 21.5. The number of carbonyl (C=O) groups is 1. The number of amides is 1. The fraction of sp³-hybridized carbons (Fsp3) is 0.562. The van der Waals surface area contributed by atoms with Crippen molar-refractivity contribution in [3.63, 3.8) is 0 Å². The van der Waals surface area contributed by atoms with E-state index in [9.17, 15) is 13.2 Å². The predicted molar refractivity (Wildman–Crippen MR) is 170 cm³/mol. The summed E-state index contributed by atoms with van der Waals surface area (Å²) >= 11 is 6.34. The number of anilines is 1. The van der Waals surface area contributed by atoms with Gasteiger partial charge < -0.3 is 15.4 Å². The van der Waals surface area contributed by atoms with Gasteiger partial charge in [-0.05, 0) is 119 Å². The molecule has 0 aromatic carbocycles. The van der Waals surface area contributed by atoms with E-state index in [4.69, 9.17) is 16.3 Å². The summed E-state index contributed by atoms with van der Waals surface area (Å²) in [5.41, 5.74) is 1.42. The van der Waals surface area contributed by atoms with Gasteiger partial charge in [-0.25, -0.2) is 19.4 Å². The smallest absolute Gasteiger partial charge is 0.281 e. The number of carbonyl (C=O) groups excluding carboxylic acids is 1. The number of nitrogens with one attached hydrogen (secondary N) is 3. The molecule has 4 heterocycles. The van der Waals surface area contributed by atoms with Gasteiger partial charge in [0.05, 0.1) is 12.2 Å². The van der Waals surface area contributed by atoms with Crippen LogP contribution in [-0.2, 0) is 10.0 Å². The maximum atomic E-state index is 13.0. The molecule has 13 heteroatoms. The van der Waals surface area contributed by atoms with Crippen LogP contribution in [0.5, 0.6) is 5.88 Å². The van der Waals surface area contributed by atoms with E-state index in [0.717, 1.165) is 38.1 Å². The molecule has 0 radical (unpaired) electrons. The van der Waals surface area contributed by atoms with Crippen LogP contribution in [0.15, 0.2) is 47.6 Å². The van der Waals surface area contributed by atoms with Crippen molar-refractivity contribution < 1.29 is 17.9 Å². The molecule has 240 valence electrons. The second-order valence-electron chi connectivity index (χ2n) is 13.8. The largest absolute Gasteiger partial charge is 0.477 e. The molecule has 3 aliphatic carbocycles. The van der Waals surface area contributed by atoms with Crippen molar-refractivity contribution in [1.82, 2.24) is 29.8 Å². The minimum atomic E-state index is -4.26. The van der Waals surface area contributed by atoms with Crippen LogP contribution in [0.4, 0.5) is 5.82 Å². The third-order valence-corrected chi connectivity index (χ3v) is 11.9. The lowest BCUT2D eigenvalue weighted by Crippen LogP contribution is -2.31. The first-order valence-corrected chi connectivity index (χ1v) is 17.8. The van der Waals surface area contributed by atoms with Crippen LogP contribution >= 0.6 is 11.6 Å². The summed E-state index contributed by atoms with van der Waals surface area (Å²) in [6.45, 7) is 6.75. The summed E-state index contributed by atoms with van der Waals surface area (Å²) in [4.78, 5) is 21.4. The van der Waals surface area contributed by atoms with Crippen LogP contribution in [0, 0.1) is 22.7 Å². The molecule has 1 saturated heterocycles. The van der Waals surface area contributed by atoms with Gasteiger partial charge in [-0.15, -0.1) is 5.10 Å². The molecule has 4 aliphatic rings. The van der Waals surface area contributed by atoms with Gasteiger partial charge in [0, 0.05) is 24.3 Å². The Morgan fingerprint density at radius 2 is 1.87 bits per heavy atom. The Bertz CT molecular complexity index is 1700. The van der Waals surface area contributed by atoms with Crippen molar-refractivity contribution in [2.45, 2.75) is 75.8 Å². The summed E-state index contributed by atoms with van der Waals surface area (Å²) in [6.07, 6.45) is 11.5. The Kier molecular flexibility index (Phi) is 7.60. The molecule has 7 rings (SSSR count). The van der Waals surface area contributed by atoms with Crippen LogP contribution in [0.25, 0.3) is 5.82 Å². The SMILES string of the molecule is CC1(C)CC(CCCNc2cccc(S(=O)(=O)NC(=O)c3ccc(-n4ccc(OCCC5C6(CC6)C56CC6)n4)nc3Cl)n2)CN1. The number of hydrogen-bond donors (Lipinski definition) is 3. The number of pyridine rings is 2. The quantitative estimate of drug-likeness (QED) is 0.172. The Balaban J connectivity index is 0.911.